The van der Waals surface area contributed by atoms with Crippen molar-refractivity contribution in [3.63, 3.8) is 0 Å². The number of aromatic nitrogens is 2. The van der Waals surface area contributed by atoms with Crippen LogP contribution in [0.3, 0.4) is 0 Å². The fourth-order valence-corrected chi connectivity index (χ4v) is 3.46. The van der Waals surface area contributed by atoms with Crippen LogP contribution in [0.4, 0.5) is 5.69 Å². The van der Waals surface area contributed by atoms with E-state index in [1.165, 1.54) is 25.2 Å². The molecule has 2 aromatic heterocycles. The predicted molar refractivity (Wildman–Crippen MR) is 83.4 cm³/mol. The van der Waals surface area contributed by atoms with Crippen molar-refractivity contribution in [2.75, 3.05) is 4.72 Å². The van der Waals surface area contributed by atoms with Gasteiger partial charge in [-0.1, -0.05) is 0 Å². The molecule has 112 valence electrons. The zero-order valence-corrected chi connectivity index (χ0v) is 13.5. The number of nitrogens with zero attached hydrogens (tertiary/aromatic N) is 1. The highest BCUT2D eigenvalue weighted by Gasteiger charge is 2.21. The number of pyridine rings is 1. The normalized spacial score (nSPS) is 15.1. The van der Waals surface area contributed by atoms with Gasteiger partial charge in [0.25, 0.3) is 10.0 Å². The molecular weight excluding hydrogens is 356 g/mol. The molecule has 0 aromatic carbocycles. The summed E-state index contributed by atoms with van der Waals surface area (Å²) in [6.45, 7) is 0.652. The van der Waals surface area contributed by atoms with E-state index in [1.807, 2.05) is 0 Å². The van der Waals surface area contributed by atoms with Gasteiger partial charge in [0.05, 0.1) is 10.2 Å². The van der Waals surface area contributed by atoms with Gasteiger partial charge in [-0.2, -0.15) is 0 Å². The first kappa shape index (κ1) is 14.6. The first-order valence-electron chi connectivity index (χ1n) is 6.57. The Bertz CT molecular complexity index is 740. The summed E-state index contributed by atoms with van der Waals surface area (Å²) in [6.07, 6.45) is 6.97. The number of sulfonamides is 1. The Hall–Kier alpha value is -1.38. The van der Waals surface area contributed by atoms with Crippen LogP contribution in [0, 0.1) is 0 Å². The number of H-pyrrole nitrogens is 1. The molecule has 3 rings (SSSR count). The number of aromatic amines is 1. The van der Waals surface area contributed by atoms with Crippen molar-refractivity contribution >= 4 is 31.6 Å². The maximum atomic E-state index is 12.3. The second-order valence-electron chi connectivity index (χ2n) is 4.98. The quantitative estimate of drug-likeness (QED) is 0.727. The van der Waals surface area contributed by atoms with E-state index >= 15 is 0 Å². The molecule has 1 fully saturated rings. The molecule has 8 heteroatoms. The van der Waals surface area contributed by atoms with E-state index in [9.17, 15) is 8.42 Å². The summed E-state index contributed by atoms with van der Waals surface area (Å²) in [5.74, 6) is 0. The second kappa shape index (κ2) is 5.78. The smallest absolute Gasteiger partial charge is 0.263 e. The minimum atomic E-state index is -3.60. The number of anilines is 1. The van der Waals surface area contributed by atoms with Crippen LogP contribution in [0.25, 0.3) is 0 Å². The lowest BCUT2D eigenvalue weighted by Gasteiger charge is -2.07. The van der Waals surface area contributed by atoms with Crippen molar-refractivity contribution in [2.45, 2.75) is 30.3 Å². The van der Waals surface area contributed by atoms with Crippen molar-refractivity contribution in [3.8, 4) is 0 Å². The zero-order chi connectivity index (χ0) is 14.9. The van der Waals surface area contributed by atoms with Gasteiger partial charge < -0.3 is 10.3 Å². The molecule has 0 amide bonds. The maximum absolute atomic E-state index is 12.3. The molecule has 0 atom stereocenters. The standard InChI is InChI=1S/C13H15BrN4O2S/c14-12-8-15-4-3-13(12)18-21(19,20)11-5-10(17-7-11)6-16-9-1-2-9/h3-5,7-9,16-17H,1-2,6H2,(H,15,18). The molecule has 1 saturated carbocycles. The molecule has 0 spiro atoms. The molecule has 3 N–H and O–H groups in total. The van der Waals surface area contributed by atoms with Crippen molar-refractivity contribution in [2.24, 2.45) is 0 Å². The van der Waals surface area contributed by atoms with Gasteiger partial charge in [0.15, 0.2) is 0 Å². The van der Waals surface area contributed by atoms with Gasteiger partial charge in [-0.25, -0.2) is 8.42 Å². The summed E-state index contributed by atoms with van der Waals surface area (Å²) in [6, 6.07) is 3.83. The van der Waals surface area contributed by atoms with Crippen LogP contribution in [-0.4, -0.2) is 24.4 Å². The minimum Gasteiger partial charge on any atom is -0.363 e. The SMILES string of the molecule is O=S(=O)(Nc1ccncc1Br)c1c[nH]c(CNC2CC2)c1. The highest BCUT2D eigenvalue weighted by molar-refractivity contribution is 9.10. The van der Waals surface area contributed by atoms with Gasteiger partial charge in [0.1, 0.15) is 4.90 Å². The van der Waals surface area contributed by atoms with Gasteiger partial charge in [-0.05, 0) is 40.9 Å². The molecule has 0 unspecified atom stereocenters. The monoisotopic (exact) mass is 370 g/mol. The van der Waals surface area contributed by atoms with Crippen molar-refractivity contribution < 1.29 is 8.42 Å². The van der Waals surface area contributed by atoms with E-state index in [4.69, 9.17) is 0 Å². The third kappa shape index (κ3) is 3.63. The number of hydrogen-bond donors (Lipinski definition) is 3. The zero-order valence-electron chi connectivity index (χ0n) is 11.1. The van der Waals surface area contributed by atoms with Crippen LogP contribution in [-0.2, 0) is 16.6 Å². The first-order chi connectivity index (χ1) is 10.0. The van der Waals surface area contributed by atoms with E-state index in [1.54, 1.807) is 18.3 Å². The molecule has 1 aliphatic rings. The number of hydrogen-bond acceptors (Lipinski definition) is 4. The van der Waals surface area contributed by atoms with E-state index in [0.29, 0.717) is 22.7 Å². The van der Waals surface area contributed by atoms with Crippen LogP contribution in [0.1, 0.15) is 18.5 Å². The Morgan fingerprint density at radius 1 is 1.43 bits per heavy atom. The fraction of sp³-hybridized carbons (Fsp3) is 0.308. The Morgan fingerprint density at radius 3 is 2.95 bits per heavy atom. The molecule has 0 bridgehead atoms. The summed E-state index contributed by atoms with van der Waals surface area (Å²) in [4.78, 5) is 7.11. The molecule has 2 aromatic rings. The summed E-state index contributed by atoms with van der Waals surface area (Å²) < 4.78 is 27.8. The van der Waals surface area contributed by atoms with Crippen LogP contribution >= 0.6 is 15.9 Å². The molecule has 2 heterocycles. The van der Waals surface area contributed by atoms with Crippen LogP contribution in [0.5, 0.6) is 0 Å². The lowest BCUT2D eigenvalue weighted by molar-refractivity contribution is 0.601. The number of nitrogens with one attached hydrogen (secondary N) is 3. The van der Waals surface area contributed by atoms with Gasteiger partial charge in [0, 0.05) is 36.9 Å². The van der Waals surface area contributed by atoms with Crippen LogP contribution < -0.4 is 10.0 Å². The maximum Gasteiger partial charge on any atom is 0.263 e. The van der Waals surface area contributed by atoms with Crippen molar-refractivity contribution in [3.05, 3.63) is 40.9 Å². The third-order valence-corrected chi connectivity index (χ3v) is 5.18. The Kier molecular flexibility index (Phi) is 4.01. The minimum absolute atomic E-state index is 0.221. The average Bonchev–Trinajstić information content (AvgIpc) is 3.15. The first-order valence-corrected chi connectivity index (χ1v) is 8.85. The number of halogens is 1. The molecule has 0 saturated heterocycles. The molecule has 0 radical (unpaired) electrons. The van der Waals surface area contributed by atoms with E-state index < -0.39 is 10.0 Å². The van der Waals surface area contributed by atoms with Crippen molar-refractivity contribution in [1.82, 2.24) is 15.3 Å². The molecule has 21 heavy (non-hydrogen) atoms. The van der Waals surface area contributed by atoms with Crippen LogP contribution in [0.15, 0.2) is 40.1 Å². The topological polar surface area (TPSA) is 86.9 Å². The predicted octanol–water partition coefficient (Wildman–Crippen LogP) is 2.22. The van der Waals surface area contributed by atoms with Gasteiger partial charge in [0.2, 0.25) is 0 Å². The van der Waals surface area contributed by atoms with Crippen molar-refractivity contribution in [1.29, 1.82) is 0 Å². The van der Waals surface area contributed by atoms with Gasteiger partial charge in [-0.15, -0.1) is 0 Å². The average molecular weight is 371 g/mol. The van der Waals surface area contributed by atoms with Gasteiger partial charge >= 0.3 is 0 Å². The molecular formula is C13H15BrN4O2S. The van der Waals surface area contributed by atoms with Gasteiger partial charge in [-0.3, -0.25) is 9.71 Å². The lowest BCUT2D eigenvalue weighted by Crippen LogP contribution is -2.15. The highest BCUT2D eigenvalue weighted by Crippen LogP contribution is 2.24. The fourth-order valence-electron chi connectivity index (χ4n) is 1.88. The second-order valence-corrected chi connectivity index (χ2v) is 7.51. The lowest BCUT2D eigenvalue weighted by atomic mass is 10.4. The molecule has 0 aliphatic heterocycles. The largest absolute Gasteiger partial charge is 0.363 e. The summed E-state index contributed by atoms with van der Waals surface area (Å²) in [5.41, 5.74) is 1.32. The van der Waals surface area contributed by atoms with E-state index in [0.717, 1.165) is 5.69 Å². The highest BCUT2D eigenvalue weighted by atomic mass is 79.9. The number of rotatable bonds is 6. The Morgan fingerprint density at radius 2 is 2.24 bits per heavy atom. The molecule has 6 nitrogen and oxygen atoms in total. The van der Waals surface area contributed by atoms with E-state index in [-0.39, 0.29) is 4.90 Å². The Labute approximate surface area is 131 Å². The summed E-state index contributed by atoms with van der Waals surface area (Å²) >= 11 is 3.27. The summed E-state index contributed by atoms with van der Waals surface area (Å²) in [5, 5.41) is 3.33. The van der Waals surface area contributed by atoms with E-state index in [2.05, 4.69) is 35.9 Å². The summed E-state index contributed by atoms with van der Waals surface area (Å²) in [7, 11) is -3.60. The van der Waals surface area contributed by atoms with Crippen LogP contribution in [0.2, 0.25) is 0 Å². The Balaban J connectivity index is 1.73. The molecule has 1 aliphatic carbocycles. The third-order valence-electron chi connectivity index (χ3n) is 3.20.